The molecule has 1 amide bonds. The molecule has 1 aromatic heterocycles. The molecule has 3 aliphatic rings. The van der Waals surface area contributed by atoms with Crippen LogP contribution in [0.2, 0.25) is 5.02 Å². The predicted molar refractivity (Wildman–Crippen MR) is 126 cm³/mol. The first-order chi connectivity index (χ1) is 16.6. The highest BCUT2D eigenvalue weighted by molar-refractivity contribution is 6.30. The zero-order valence-corrected chi connectivity index (χ0v) is 18.7. The van der Waals surface area contributed by atoms with Crippen molar-refractivity contribution < 1.29 is 23.4 Å². The summed E-state index contributed by atoms with van der Waals surface area (Å²) in [6.07, 6.45) is 0. The first-order valence-electron chi connectivity index (χ1n) is 11.0. The summed E-state index contributed by atoms with van der Waals surface area (Å²) in [7, 11) is 0. The van der Waals surface area contributed by atoms with Gasteiger partial charge in [-0.2, -0.15) is 0 Å². The maximum Gasteiger partial charge on any atom is 0.246 e. The molecule has 7 heteroatoms. The Morgan fingerprint density at radius 3 is 2.59 bits per heavy atom. The molecule has 168 valence electrons. The molecule has 7 rings (SSSR count). The zero-order valence-electron chi connectivity index (χ0n) is 17.9. The minimum absolute atomic E-state index is 0.0491. The van der Waals surface area contributed by atoms with Gasteiger partial charge in [0, 0.05) is 27.9 Å². The molecular formula is C27H18ClNO5. The third kappa shape index (κ3) is 2.66. The summed E-state index contributed by atoms with van der Waals surface area (Å²) in [5, 5.41) is 0.641. The Labute approximate surface area is 200 Å². The number of fused-ring (bicyclic) bond motifs is 5. The summed E-state index contributed by atoms with van der Waals surface area (Å²) < 4.78 is 23.2. The highest BCUT2D eigenvalue weighted by atomic mass is 35.5. The molecule has 3 aromatic carbocycles. The van der Waals surface area contributed by atoms with Crippen molar-refractivity contribution >= 4 is 23.2 Å². The molecule has 6 nitrogen and oxygen atoms in total. The van der Waals surface area contributed by atoms with Crippen molar-refractivity contribution in [1.29, 1.82) is 0 Å². The fourth-order valence-electron chi connectivity index (χ4n) is 5.14. The highest BCUT2D eigenvalue weighted by Crippen LogP contribution is 2.55. The second-order valence-corrected chi connectivity index (χ2v) is 9.02. The minimum Gasteiger partial charge on any atom is -0.491 e. The highest BCUT2D eigenvalue weighted by Gasteiger charge is 2.57. The fourth-order valence-corrected chi connectivity index (χ4v) is 5.33. The molecule has 34 heavy (non-hydrogen) atoms. The lowest BCUT2D eigenvalue weighted by Gasteiger charge is -2.22. The topological polar surface area (TPSA) is 61.1 Å². The molecular weight excluding hydrogens is 454 g/mol. The number of ether oxygens (including phenoxy) is 3. The molecule has 0 radical (unpaired) electrons. The number of anilines is 1. The van der Waals surface area contributed by atoms with Crippen LogP contribution in [0.5, 0.6) is 17.2 Å². The van der Waals surface area contributed by atoms with Gasteiger partial charge < -0.3 is 23.5 Å². The van der Waals surface area contributed by atoms with Crippen LogP contribution >= 0.6 is 11.6 Å². The third-order valence-corrected chi connectivity index (χ3v) is 6.96. The molecule has 1 unspecified atom stereocenters. The van der Waals surface area contributed by atoms with Gasteiger partial charge in [-0.1, -0.05) is 41.9 Å². The lowest BCUT2D eigenvalue weighted by molar-refractivity contribution is -0.122. The van der Waals surface area contributed by atoms with Gasteiger partial charge in [0.2, 0.25) is 12.7 Å². The van der Waals surface area contributed by atoms with Crippen LogP contribution in [0.4, 0.5) is 5.69 Å². The molecule has 0 saturated carbocycles. The van der Waals surface area contributed by atoms with E-state index < -0.39 is 5.41 Å². The van der Waals surface area contributed by atoms with Crippen molar-refractivity contribution in [2.24, 2.45) is 0 Å². The summed E-state index contributed by atoms with van der Waals surface area (Å²) in [5.74, 6) is 3.25. The molecule has 0 N–H and O–H groups in total. The summed E-state index contributed by atoms with van der Waals surface area (Å²) in [4.78, 5) is 15.9. The van der Waals surface area contributed by atoms with Gasteiger partial charge in [-0.05, 0) is 42.0 Å². The molecule has 0 aliphatic carbocycles. The maximum atomic E-state index is 14.1. The van der Waals surface area contributed by atoms with Crippen LogP contribution < -0.4 is 19.1 Å². The van der Waals surface area contributed by atoms with Crippen LogP contribution in [-0.4, -0.2) is 19.3 Å². The van der Waals surface area contributed by atoms with Crippen molar-refractivity contribution in [3.63, 3.8) is 0 Å². The van der Waals surface area contributed by atoms with Crippen LogP contribution in [-0.2, 0) is 16.8 Å². The first-order valence-corrected chi connectivity index (χ1v) is 11.3. The average Bonchev–Trinajstić information content (AvgIpc) is 3.62. The molecule has 4 aromatic rings. The Balaban J connectivity index is 1.28. The van der Waals surface area contributed by atoms with E-state index in [0.29, 0.717) is 40.3 Å². The van der Waals surface area contributed by atoms with Gasteiger partial charge in [0.1, 0.15) is 29.3 Å². The Kier molecular flexibility index (Phi) is 4.05. The van der Waals surface area contributed by atoms with Gasteiger partial charge >= 0.3 is 0 Å². The number of benzene rings is 3. The number of hydrogen-bond donors (Lipinski definition) is 0. The lowest BCUT2D eigenvalue weighted by atomic mass is 9.77. The monoisotopic (exact) mass is 471 g/mol. The number of hydrogen-bond acceptors (Lipinski definition) is 5. The molecule has 4 heterocycles. The molecule has 1 atom stereocenters. The predicted octanol–water partition coefficient (Wildman–Crippen LogP) is 5.55. The largest absolute Gasteiger partial charge is 0.491 e. The van der Waals surface area contributed by atoms with Crippen LogP contribution in [0.1, 0.15) is 16.9 Å². The van der Waals surface area contributed by atoms with Crippen molar-refractivity contribution in [3.8, 4) is 28.6 Å². The number of halogens is 1. The number of para-hydroxylation sites is 1. The summed E-state index contributed by atoms with van der Waals surface area (Å²) in [6.45, 7) is 0.691. The zero-order chi connectivity index (χ0) is 22.9. The van der Waals surface area contributed by atoms with E-state index in [2.05, 4.69) is 0 Å². The van der Waals surface area contributed by atoms with E-state index >= 15 is 0 Å². The van der Waals surface area contributed by atoms with Crippen LogP contribution in [0.25, 0.3) is 11.3 Å². The molecule has 0 bridgehead atoms. The third-order valence-electron chi connectivity index (χ3n) is 6.73. The maximum absolute atomic E-state index is 14.1. The van der Waals surface area contributed by atoms with E-state index in [1.165, 1.54) is 0 Å². The van der Waals surface area contributed by atoms with Gasteiger partial charge in [0.15, 0.2) is 11.5 Å². The SMILES string of the molecule is O=C1N(Cc2ccc(-c3cccc(Cl)c3)o2)c2ccccc2C12COc1cc3c(cc12)OCO3. The minimum atomic E-state index is -0.935. The number of carbonyl (C=O) groups is 1. The molecule has 0 fully saturated rings. The van der Waals surface area contributed by atoms with Crippen LogP contribution in [0.15, 0.2) is 77.2 Å². The molecule has 3 aliphatic heterocycles. The van der Waals surface area contributed by atoms with E-state index in [-0.39, 0.29) is 19.3 Å². The first kappa shape index (κ1) is 19.6. The van der Waals surface area contributed by atoms with Crippen LogP contribution in [0.3, 0.4) is 0 Å². The van der Waals surface area contributed by atoms with Crippen LogP contribution in [0, 0.1) is 0 Å². The number of amides is 1. The second-order valence-electron chi connectivity index (χ2n) is 8.58. The van der Waals surface area contributed by atoms with E-state index in [4.69, 9.17) is 30.2 Å². The smallest absolute Gasteiger partial charge is 0.246 e. The van der Waals surface area contributed by atoms with E-state index in [0.717, 1.165) is 22.4 Å². The van der Waals surface area contributed by atoms with Gasteiger partial charge in [0.25, 0.3) is 0 Å². The van der Waals surface area contributed by atoms with Gasteiger partial charge in [-0.25, -0.2) is 0 Å². The van der Waals surface area contributed by atoms with E-state index in [1.54, 1.807) is 4.90 Å². The van der Waals surface area contributed by atoms with Gasteiger partial charge in [-0.15, -0.1) is 0 Å². The number of carbonyl (C=O) groups excluding carboxylic acids is 1. The standard InChI is InChI=1S/C27H18ClNO5/c28-17-5-3-4-16(10-17)22-9-8-18(34-22)13-29-21-7-2-1-6-19(21)27(26(29)30)14-31-23-12-25-24(11-20(23)27)32-15-33-25/h1-12H,13-15H2. The number of rotatable bonds is 3. The molecule has 0 saturated heterocycles. The normalized spacial score (nSPS) is 19.4. The Morgan fingerprint density at radius 1 is 0.853 bits per heavy atom. The van der Waals surface area contributed by atoms with Crippen molar-refractivity contribution in [3.05, 3.63) is 94.7 Å². The summed E-state index contributed by atoms with van der Waals surface area (Å²) in [5.41, 5.74) is 2.52. The Morgan fingerprint density at radius 2 is 1.71 bits per heavy atom. The van der Waals surface area contributed by atoms with E-state index in [9.17, 15) is 4.79 Å². The van der Waals surface area contributed by atoms with Crippen molar-refractivity contribution in [2.45, 2.75) is 12.0 Å². The number of furan rings is 1. The summed E-state index contributed by atoms with van der Waals surface area (Å²) >= 11 is 6.14. The summed E-state index contributed by atoms with van der Waals surface area (Å²) in [6, 6.07) is 22.8. The Bertz CT molecular complexity index is 1480. The van der Waals surface area contributed by atoms with Crippen molar-refractivity contribution in [1.82, 2.24) is 0 Å². The average molecular weight is 472 g/mol. The lowest BCUT2D eigenvalue weighted by Crippen LogP contribution is -2.42. The van der Waals surface area contributed by atoms with Gasteiger partial charge in [-0.3, -0.25) is 4.79 Å². The Hall–Kier alpha value is -3.90. The van der Waals surface area contributed by atoms with Gasteiger partial charge in [0.05, 0.1) is 6.54 Å². The second kappa shape index (κ2) is 7.05. The molecule has 1 spiro atoms. The fraction of sp³-hybridized carbons (Fsp3) is 0.148. The van der Waals surface area contributed by atoms with E-state index in [1.807, 2.05) is 72.8 Å². The number of nitrogens with zero attached hydrogens (tertiary/aromatic N) is 1. The van der Waals surface area contributed by atoms with Crippen molar-refractivity contribution in [2.75, 3.05) is 18.3 Å². The quantitative estimate of drug-likeness (QED) is 0.392.